The summed E-state index contributed by atoms with van der Waals surface area (Å²) in [5.41, 5.74) is 0.423. The maximum Gasteiger partial charge on any atom is 0.416 e. The Morgan fingerprint density at radius 2 is 0.836 bits per heavy atom. The zero-order valence-corrected chi connectivity index (χ0v) is 28.1. The monoisotopic (exact) mass is 752 g/mol. The van der Waals surface area contributed by atoms with Crippen LogP contribution in [0.25, 0.3) is 66.1 Å². The molecule has 0 aliphatic heterocycles. The number of rotatable bonds is 2. The van der Waals surface area contributed by atoms with Gasteiger partial charge in [0, 0.05) is 33.0 Å². The number of alkyl halides is 9. The summed E-state index contributed by atoms with van der Waals surface area (Å²) < 4.78 is 140. The lowest BCUT2D eigenvalue weighted by Gasteiger charge is -2.15. The number of aryl methyl sites for hydroxylation is 1. The van der Waals surface area contributed by atoms with E-state index in [-0.39, 0.29) is 23.0 Å². The summed E-state index contributed by atoms with van der Waals surface area (Å²) in [4.78, 5) is 0. The summed E-state index contributed by atoms with van der Waals surface area (Å²) in [6.45, 7) is 1.58. The molecule has 6 aromatic carbocycles. The molecule has 55 heavy (non-hydrogen) atoms. The van der Waals surface area contributed by atoms with Crippen molar-refractivity contribution in [3.8, 4) is 22.3 Å². The van der Waals surface area contributed by atoms with Gasteiger partial charge in [-0.15, -0.1) is 0 Å². The van der Waals surface area contributed by atoms with Crippen LogP contribution in [0.3, 0.4) is 0 Å². The smallest absolute Gasteiger partial charge is 0.416 e. The number of fused-ring (bicyclic) bond motifs is 11. The van der Waals surface area contributed by atoms with E-state index < -0.39 is 35.2 Å². The molecule has 2 aromatic heterocycles. The van der Waals surface area contributed by atoms with Gasteiger partial charge in [-0.2, -0.15) is 39.5 Å². The van der Waals surface area contributed by atoms with Crippen molar-refractivity contribution >= 4 is 43.9 Å². The molecule has 0 unspecified atom stereocenters. The number of furan rings is 2. The second kappa shape index (κ2) is 10.9. The molecule has 10 rings (SSSR count). The van der Waals surface area contributed by atoms with E-state index in [2.05, 4.69) is 0 Å². The highest BCUT2D eigenvalue weighted by Gasteiger charge is 2.39. The summed E-state index contributed by atoms with van der Waals surface area (Å²) in [7, 11) is 0. The van der Waals surface area contributed by atoms with Gasteiger partial charge in [-0.25, -0.2) is 0 Å². The number of hydrogen-bond donors (Lipinski definition) is 0. The van der Waals surface area contributed by atoms with Crippen molar-refractivity contribution in [3.63, 3.8) is 0 Å². The van der Waals surface area contributed by atoms with Crippen LogP contribution in [0.5, 0.6) is 0 Å². The van der Waals surface area contributed by atoms with Crippen molar-refractivity contribution in [2.75, 3.05) is 0 Å². The van der Waals surface area contributed by atoms with Crippen molar-refractivity contribution in [2.24, 2.45) is 0 Å². The molecule has 0 fully saturated rings. The Kier molecular flexibility index (Phi) is 6.63. The minimum Gasteiger partial charge on any atom is -0.455 e. The first kappa shape index (κ1) is 33.3. The first-order chi connectivity index (χ1) is 26.0. The molecule has 2 aliphatic rings. The van der Waals surface area contributed by atoms with E-state index in [0.717, 1.165) is 17.5 Å². The van der Waals surface area contributed by atoms with Gasteiger partial charge in [-0.1, -0.05) is 42.5 Å². The highest BCUT2D eigenvalue weighted by molar-refractivity contribution is 6.11. The first-order valence-electron chi connectivity index (χ1n) is 16.9. The number of para-hydroxylation sites is 2. The van der Waals surface area contributed by atoms with Gasteiger partial charge in [0.2, 0.25) is 0 Å². The number of benzene rings is 6. The fourth-order valence-electron chi connectivity index (χ4n) is 8.16. The molecule has 0 atom stereocenters. The van der Waals surface area contributed by atoms with Crippen LogP contribution >= 0.6 is 0 Å². The molecule has 2 nitrogen and oxygen atoms in total. The van der Waals surface area contributed by atoms with E-state index in [4.69, 9.17) is 8.83 Å². The standard InChI is InChI=1S/C44H21F9O2/c1-20-10-23(12-25(11-20)42(45,46)47)36-30-15-21-18-33-31(16-22(21)17-32(30)38-28-6-2-4-8-34(28)54-40(36)38)37(41-39(33)29-7-3-5-9-35(29)55-41)24-13-26(43(48,49)50)19-27(14-24)44(51,52)53/h2-19H,1H3. The predicted octanol–water partition coefficient (Wildman–Crippen LogP) is 12.2. The van der Waals surface area contributed by atoms with Gasteiger partial charge in [-0.05, 0) is 123 Å². The lowest BCUT2D eigenvalue weighted by atomic mass is 9.95. The minimum atomic E-state index is -5.07. The summed E-state index contributed by atoms with van der Waals surface area (Å²) >= 11 is 0. The Hall–Kier alpha value is -6.23. The SMILES string of the molecule is Cc1cc(C2=c3cc4cc5c(cc4cc3-c3c2oc2ccccc32)=C(c2cc(C(F)(F)F)cc(C(F)(F)F)c2)c2oc3ccccc3c2-5)cc(C(F)(F)F)c1. The van der Waals surface area contributed by atoms with Crippen LogP contribution in [-0.2, 0) is 18.5 Å². The third-order valence-corrected chi connectivity index (χ3v) is 10.4. The van der Waals surface area contributed by atoms with Crippen molar-refractivity contribution < 1.29 is 48.3 Å². The van der Waals surface area contributed by atoms with Crippen LogP contribution in [0.4, 0.5) is 39.5 Å². The van der Waals surface area contributed by atoms with Crippen molar-refractivity contribution in [3.05, 3.63) is 165 Å². The molecule has 0 saturated heterocycles. The molecular weight excluding hydrogens is 731 g/mol. The highest BCUT2D eigenvalue weighted by atomic mass is 19.4. The number of hydrogen-bond acceptors (Lipinski definition) is 2. The van der Waals surface area contributed by atoms with E-state index >= 15 is 0 Å². The summed E-state index contributed by atoms with van der Waals surface area (Å²) in [6, 6.07) is 26.6. The summed E-state index contributed by atoms with van der Waals surface area (Å²) in [5.74, 6) is 0.512. The van der Waals surface area contributed by atoms with E-state index in [9.17, 15) is 39.5 Å². The van der Waals surface area contributed by atoms with E-state index in [0.29, 0.717) is 94.6 Å². The molecule has 272 valence electrons. The second-order valence-electron chi connectivity index (χ2n) is 13.9. The van der Waals surface area contributed by atoms with Crippen molar-refractivity contribution in [2.45, 2.75) is 25.5 Å². The quantitative estimate of drug-likeness (QED) is 0.164. The molecule has 11 heteroatoms. The van der Waals surface area contributed by atoms with Gasteiger partial charge in [0.1, 0.15) is 22.7 Å². The van der Waals surface area contributed by atoms with Crippen molar-refractivity contribution in [1.82, 2.24) is 0 Å². The Balaban J connectivity index is 1.32. The Morgan fingerprint density at radius 3 is 1.27 bits per heavy atom. The van der Waals surface area contributed by atoms with E-state index in [1.54, 1.807) is 61.5 Å². The highest BCUT2D eigenvalue weighted by Crippen LogP contribution is 2.48. The lowest BCUT2D eigenvalue weighted by molar-refractivity contribution is -0.143. The molecule has 0 amide bonds. The molecule has 0 spiro atoms. The fraction of sp³-hybridized carbons (Fsp3) is 0.0909. The molecule has 2 heterocycles. The van der Waals surface area contributed by atoms with Gasteiger partial charge in [0.25, 0.3) is 0 Å². The van der Waals surface area contributed by atoms with Crippen LogP contribution in [0.2, 0.25) is 0 Å². The topological polar surface area (TPSA) is 26.3 Å². The van der Waals surface area contributed by atoms with Crippen LogP contribution in [0.1, 0.15) is 44.9 Å². The third kappa shape index (κ3) is 4.98. The molecule has 0 saturated carbocycles. The van der Waals surface area contributed by atoms with E-state index in [1.165, 1.54) is 0 Å². The lowest BCUT2D eigenvalue weighted by Crippen LogP contribution is -2.13. The molecular formula is C44H21F9O2. The van der Waals surface area contributed by atoms with Gasteiger partial charge in [0.15, 0.2) is 0 Å². The molecule has 2 aliphatic carbocycles. The maximum atomic E-state index is 14.1. The molecule has 8 aromatic rings. The first-order valence-corrected chi connectivity index (χ1v) is 16.9. The average Bonchev–Trinajstić information content (AvgIpc) is 3.84. The fourth-order valence-corrected chi connectivity index (χ4v) is 8.16. The minimum absolute atomic E-state index is 0.0707. The van der Waals surface area contributed by atoms with Crippen LogP contribution in [-0.4, -0.2) is 0 Å². The molecule has 0 N–H and O–H groups in total. The summed E-state index contributed by atoms with van der Waals surface area (Å²) in [5, 5.41) is 3.52. The van der Waals surface area contributed by atoms with Gasteiger partial charge < -0.3 is 8.83 Å². The third-order valence-electron chi connectivity index (χ3n) is 10.4. The Labute approximate surface area is 304 Å². The molecule has 0 bridgehead atoms. The summed E-state index contributed by atoms with van der Waals surface area (Å²) in [6.07, 6.45) is -14.8. The van der Waals surface area contributed by atoms with Gasteiger partial charge in [0.05, 0.1) is 16.7 Å². The van der Waals surface area contributed by atoms with Crippen LogP contribution < -0.4 is 10.4 Å². The largest absolute Gasteiger partial charge is 0.455 e. The Bertz CT molecular complexity index is 3080. The van der Waals surface area contributed by atoms with E-state index in [1.807, 2.05) is 24.3 Å². The van der Waals surface area contributed by atoms with Crippen LogP contribution in [0, 0.1) is 6.92 Å². The normalized spacial score (nSPS) is 13.9. The Morgan fingerprint density at radius 1 is 0.436 bits per heavy atom. The van der Waals surface area contributed by atoms with Gasteiger partial charge >= 0.3 is 18.5 Å². The average molecular weight is 753 g/mol. The number of halogens is 9. The van der Waals surface area contributed by atoms with Gasteiger partial charge in [-0.3, -0.25) is 0 Å². The predicted molar refractivity (Wildman–Crippen MR) is 189 cm³/mol. The van der Waals surface area contributed by atoms with Crippen LogP contribution in [0.15, 0.2) is 118 Å². The maximum absolute atomic E-state index is 14.1. The zero-order chi connectivity index (χ0) is 38.3. The van der Waals surface area contributed by atoms with Crippen molar-refractivity contribution in [1.29, 1.82) is 0 Å². The second-order valence-corrected chi connectivity index (χ2v) is 13.9. The molecule has 0 radical (unpaired) electrons. The zero-order valence-electron chi connectivity index (χ0n) is 28.1.